The molecule has 0 bridgehead atoms. The van der Waals surface area contributed by atoms with Gasteiger partial charge in [-0.05, 0) is 0 Å². The predicted octanol–water partition coefficient (Wildman–Crippen LogP) is 3.92. The monoisotopic (exact) mass is 327 g/mol. The molecule has 3 nitrogen and oxygen atoms in total. The highest BCUT2D eigenvalue weighted by atomic mass is 19.4. The first kappa shape index (κ1) is 17.0. The fourth-order valence-corrected chi connectivity index (χ4v) is 1.53. The maximum atomic E-state index is 13.3. The third-order valence-corrected chi connectivity index (χ3v) is 2.27. The molecule has 1 aromatic carbocycles. The second-order valence-electron chi connectivity index (χ2n) is 3.66. The minimum atomic E-state index is -5.96. The van der Waals surface area contributed by atoms with Gasteiger partial charge in [0, 0.05) is 4.92 Å². The zero-order valence-electron chi connectivity index (χ0n) is 9.37. The van der Waals surface area contributed by atoms with Crippen molar-refractivity contribution < 1.29 is 44.4 Å². The molecule has 118 valence electrons. The lowest BCUT2D eigenvalue weighted by Crippen LogP contribution is -2.23. The molecule has 0 aliphatic carbocycles. The van der Waals surface area contributed by atoms with Crippen molar-refractivity contribution in [3.8, 4) is 0 Å². The Morgan fingerprint density at radius 1 is 0.810 bits per heavy atom. The summed E-state index contributed by atoms with van der Waals surface area (Å²) in [7, 11) is 0. The quantitative estimate of drug-likeness (QED) is 0.358. The Bertz CT molecular complexity index is 591. The van der Waals surface area contributed by atoms with Gasteiger partial charge in [-0.15, -0.1) is 0 Å². The molecule has 0 N–H and O–H groups in total. The van der Waals surface area contributed by atoms with E-state index in [1.165, 1.54) is 0 Å². The minimum Gasteiger partial charge on any atom is -0.264 e. The van der Waals surface area contributed by atoms with Gasteiger partial charge in [-0.2, -0.15) is 26.3 Å². The maximum Gasteiger partial charge on any atom is 0.422 e. The van der Waals surface area contributed by atoms with Crippen molar-refractivity contribution in [3.05, 3.63) is 44.3 Å². The molecule has 0 aliphatic rings. The van der Waals surface area contributed by atoms with Crippen LogP contribution in [0.25, 0.3) is 0 Å². The van der Waals surface area contributed by atoms with Crippen molar-refractivity contribution in [2.45, 2.75) is 18.9 Å². The molecule has 12 heteroatoms. The Balaban J connectivity index is 3.89. The molecule has 0 radical (unpaired) electrons. The third kappa shape index (κ3) is 3.19. The molecule has 21 heavy (non-hydrogen) atoms. The van der Waals surface area contributed by atoms with E-state index in [0.29, 0.717) is 0 Å². The fourth-order valence-electron chi connectivity index (χ4n) is 1.53. The van der Waals surface area contributed by atoms with Gasteiger partial charge in [0.2, 0.25) is 6.54 Å². The van der Waals surface area contributed by atoms with E-state index in [1.54, 1.807) is 0 Å². The molecule has 0 saturated heterocycles. The second kappa shape index (κ2) is 5.07. The van der Waals surface area contributed by atoms with Crippen molar-refractivity contribution >= 4 is 0 Å². The van der Waals surface area contributed by atoms with E-state index in [9.17, 15) is 49.6 Å². The van der Waals surface area contributed by atoms with Crippen molar-refractivity contribution in [1.82, 2.24) is 0 Å². The number of halogens is 9. The zero-order valence-corrected chi connectivity index (χ0v) is 9.37. The van der Waals surface area contributed by atoms with Crippen molar-refractivity contribution in [2.75, 3.05) is 0 Å². The van der Waals surface area contributed by atoms with Crippen molar-refractivity contribution in [1.29, 1.82) is 0 Å². The zero-order chi connectivity index (χ0) is 16.7. The van der Waals surface area contributed by atoms with E-state index in [-0.39, 0.29) is 0 Å². The van der Waals surface area contributed by atoms with Gasteiger partial charge in [0.15, 0.2) is 17.5 Å². The molecule has 0 spiro atoms. The molecule has 0 atom stereocenters. The first-order valence-corrected chi connectivity index (χ1v) is 4.74. The summed E-state index contributed by atoms with van der Waals surface area (Å²) in [4.78, 5) is 8.54. The van der Waals surface area contributed by atoms with Crippen LogP contribution in [0.2, 0.25) is 0 Å². The second-order valence-corrected chi connectivity index (χ2v) is 3.66. The van der Waals surface area contributed by atoms with Crippen LogP contribution in [0.3, 0.4) is 0 Å². The van der Waals surface area contributed by atoms with Gasteiger partial charge >= 0.3 is 12.4 Å². The van der Waals surface area contributed by atoms with E-state index in [2.05, 4.69) is 0 Å². The molecular formula is C9H2F9NO2. The molecular weight excluding hydrogens is 325 g/mol. The SMILES string of the molecule is O=[N+]([O-])Cc1c(F)c(F)c(C(F)(F)F)c(F)c1C(F)(F)F. The van der Waals surface area contributed by atoms with Crippen molar-refractivity contribution in [3.63, 3.8) is 0 Å². The van der Waals surface area contributed by atoms with E-state index >= 15 is 0 Å². The van der Waals surface area contributed by atoms with E-state index < -0.39 is 58.0 Å². The standard InChI is InChI=1S/C9H2F9NO2/c10-5-2(1-19(20)21)3(8(13,14)15)6(11)4(7(5)12)9(16,17)18/h1H2. The van der Waals surface area contributed by atoms with Gasteiger partial charge in [0.25, 0.3) is 0 Å². The average Bonchev–Trinajstić information content (AvgIpc) is 2.20. The lowest BCUT2D eigenvalue weighted by Gasteiger charge is -2.17. The Labute approximate surface area is 109 Å². The lowest BCUT2D eigenvalue weighted by molar-refractivity contribution is -0.497. The summed E-state index contributed by atoms with van der Waals surface area (Å²) in [6.45, 7) is -2.04. The van der Waals surface area contributed by atoms with Gasteiger partial charge in [-0.1, -0.05) is 0 Å². The van der Waals surface area contributed by atoms with E-state index in [4.69, 9.17) is 0 Å². The summed E-state index contributed by atoms with van der Waals surface area (Å²) in [6, 6.07) is 0. The van der Waals surface area contributed by atoms with Crippen LogP contribution in [0.5, 0.6) is 0 Å². The Morgan fingerprint density at radius 3 is 1.57 bits per heavy atom. The molecule has 0 amide bonds. The number of nitro groups is 1. The summed E-state index contributed by atoms with van der Waals surface area (Å²) in [5.74, 6) is -8.89. The van der Waals surface area contributed by atoms with E-state index in [1.807, 2.05) is 0 Å². The maximum absolute atomic E-state index is 13.3. The van der Waals surface area contributed by atoms with Crippen LogP contribution in [0.1, 0.15) is 16.7 Å². The molecule has 0 fully saturated rings. The molecule has 0 saturated carbocycles. The molecule has 0 aromatic heterocycles. The topological polar surface area (TPSA) is 43.1 Å². The number of hydrogen-bond donors (Lipinski definition) is 0. The van der Waals surface area contributed by atoms with Gasteiger partial charge in [-0.25, -0.2) is 13.2 Å². The normalized spacial score (nSPS) is 12.6. The summed E-state index contributed by atoms with van der Waals surface area (Å²) < 4.78 is 114. The van der Waals surface area contributed by atoms with Crippen LogP contribution in [-0.2, 0) is 18.9 Å². The van der Waals surface area contributed by atoms with Gasteiger partial charge < -0.3 is 0 Å². The number of nitrogens with zero attached hydrogens (tertiary/aromatic N) is 1. The summed E-state index contributed by atoms with van der Waals surface area (Å²) >= 11 is 0. The van der Waals surface area contributed by atoms with E-state index in [0.717, 1.165) is 0 Å². The summed E-state index contributed by atoms with van der Waals surface area (Å²) in [5, 5.41) is 10.1. The smallest absolute Gasteiger partial charge is 0.264 e. The number of alkyl halides is 6. The summed E-state index contributed by atoms with van der Waals surface area (Å²) in [5.41, 5.74) is -8.10. The van der Waals surface area contributed by atoms with Crippen LogP contribution >= 0.6 is 0 Å². The van der Waals surface area contributed by atoms with Gasteiger partial charge in [-0.3, -0.25) is 10.1 Å². The van der Waals surface area contributed by atoms with Crippen LogP contribution in [0.4, 0.5) is 39.5 Å². The van der Waals surface area contributed by atoms with Crippen LogP contribution < -0.4 is 0 Å². The van der Waals surface area contributed by atoms with Crippen LogP contribution in [-0.4, -0.2) is 4.92 Å². The van der Waals surface area contributed by atoms with Crippen molar-refractivity contribution in [2.24, 2.45) is 0 Å². The highest BCUT2D eigenvalue weighted by molar-refractivity contribution is 5.39. The molecule has 0 heterocycles. The largest absolute Gasteiger partial charge is 0.422 e. The minimum absolute atomic E-state index is 1.57. The number of rotatable bonds is 2. The Morgan fingerprint density at radius 2 is 1.24 bits per heavy atom. The predicted molar refractivity (Wildman–Crippen MR) is 47.0 cm³/mol. The van der Waals surface area contributed by atoms with Gasteiger partial charge in [0.05, 0.1) is 5.56 Å². The number of benzene rings is 1. The Hall–Kier alpha value is -2.01. The lowest BCUT2D eigenvalue weighted by atomic mass is 10.00. The molecule has 1 rings (SSSR count). The molecule has 1 aromatic rings. The highest BCUT2D eigenvalue weighted by Gasteiger charge is 2.48. The average molecular weight is 327 g/mol. The molecule has 0 unspecified atom stereocenters. The van der Waals surface area contributed by atoms with Crippen LogP contribution in [0.15, 0.2) is 0 Å². The number of hydrogen-bond acceptors (Lipinski definition) is 2. The highest BCUT2D eigenvalue weighted by Crippen LogP contribution is 2.43. The summed E-state index contributed by atoms with van der Waals surface area (Å²) in [6.07, 6.45) is -11.8. The first-order valence-electron chi connectivity index (χ1n) is 4.74. The fraction of sp³-hybridized carbons (Fsp3) is 0.333. The first-order chi connectivity index (χ1) is 9.28. The van der Waals surface area contributed by atoms with Crippen LogP contribution in [0, 0.1) is 27.6 Å². The Kier molecular flexibility index (Phi) is 4.12. The van der Waals surface area contributed by atoms with Gasteiger partial charge in [0.1, 0.15) is 11.1 Å². The molecule has 0 aliphatic heterocycles. The third-order valence-electron chi connectivity index (χ3n) is 2.27.